The van der Waals surface area contributed by atoms with Crippen molar-refractivity contribution < 1.29 is 8.78 Å². The van der Waals surface area contributed by atoms with Crippen LogP contribution in [0.25, 0.3) is 0 Å². The van der Waals surface area contributed by atoms with Gasteiger partial charge in [-0.05, 0) is 59.6 Å². The number of hydrogen-bond donors (Lipinski definition) is 1. The molecule has 0 amide bonds. The Balaban J connectivity index is 2.28. The molecule has 1 atom stereocenters. The third-order valence-electron chi connectivity index (χ3n) is 2.99. The first-order valence-corrected chi connectivity index (χ1v) is 6.75. The topological polar surface area (TPSA) is 12.0 Å². The minimum absolute atomic E-state index is 0.313. The molecule has 0 spiro atoms. The number of benzene rings is 2. The largest absolute Gasteiger partial charge is 0.377 e. The molecule has 1 unspecified atom stereocenters. The smallest absolute Gasteiger partial charge is 0.128 e. The fourth-order valence-corrected chi connectivity index (χ4v) is 2.30. The van der Waals surface area contributed by atoms with Gasteiger partial charge in [0.2, 0.25) is 0 Å². The van der Waals surface area contributed by atoms with Gasteiger partial charge in [-0.2, -0.15) is 0 Å². The van der Waals surface area contributed by atoms with Crippen molar-refractivity contribution in [1.29, 1.82) is 0 Å². The molecule has 1 nitrogen and oxygen atoms in total. The monoisotopic (exact) mass is 325 g/mol. The van der Waals surface area contributed by atoms with Crippen LogP contribution in [-0.2, 0) is 0 Å². The van der Waals surface area contributed by atoms with E-state index < -0.39 is 11.6 Å². The molecule has 0 radical (unpaired) electrons. The van der Waals surface area contributed by atoms with E-state index in [9.17, 15) is 8.78 Å². The second-order valence-corrected chi connectivity index (χ2v) is 5.26. The maximum Gasteiger partial charge on any atom is 0.128 e. The summed E-state index contributed by atoms with van der Waals surface area (Å²) in [6.07, 6.45) is 0. The van der Waals surface area contributed by atoms with Crippen LogP contribution in [0, 0.1) is 18.6 Å². The highest BCUT2D eigenvalue weighted by atomic mass is 79.9. The first kappa shape index (κ1) is 14.0. The van der Waals surface area contributed by atoms with Crippen LogP contribution in [-0.4, -0.2) is 0 Å². The Morgan fingerprint density at radius 2 is 1.89 bits per heavy atom. The minimum atomic E-state index is -0.437. The van der Waals surface area contributed by atoms with E-state index in [1.165, 1.54) is 6.07 Å². The lowest BCUT2D eigenvalue weighted by Gasteiger charge is -2.18. The van der Waals surface area contributed by atoms with Crippen molar-refractivity contribution in [2.45, 2.75) is 19.9 Å². The molecule has 0 aromatic heterocycles. The molecule has 2 rings (SSSR count). The van der Waals surface area contributed by atoms with E-state index in [0.717, 1.165) is 27.9 Å². The second-order valence-electron chi connectivity index (χ2n) is 4.47. The van der Waals surface area contributed by atoms with Crippen molar-refractivity contribution in [3.63, 3.8) is 0 Å². The first-order valence-electron chi connectivity index (χ1n) is 5.95. The van der Waals surface area contributed by atoms with Gasteiger partial charge in [0.05, 0.1) is 6.04 Å². The van der Waals surface area contributed by atoms with Crippen LogP contribution in [0.15, 0.2) is 40.9 Å². The van der Waals surface area contributed by atoms with E-state index in [2.05, 4.69) is 21.2 Å². The van der Waals surface area contributed by atoms with Crippen molar-refractivity contribution in [3.8, 4) is 0 Å². The summed E-state index contributed by atoms with van der Waals surface area (Å²) in [5.74, 6) is -0.849. The highest BCUT2D eigenvalue weighted by Gasteiger charge is 2.13. The van der Waals surface area contributed by atoms with Crippen molar-refractivity contribution in [2.75, 3.05) is 5.32 Å². The number of hydrogen-bond acceptors (Lipinski definition) is 1. The molecule has 0 saturated carbocycles. The quantitative estimate of drug-likeness (QED) is 0.816. The Hall–Kier alpha value is -1.42. The maximum atomic E-state index is 13.7. The summed E-state index contributed by atoms with van der Waals surface area (Å²) in [5, 5.41) is 3.18. The summed E-state index contributed by atoms with van der Waals surface area (Å²) in [7, 11) is 0. The summed E-state index contributed by atoms with van der Waals surface area (Å²) in [6.45, 7) is 3.77. The molecule has 0 aliphatic rings. The fraction of sp³-hybridized carbons (Fsp3) is 0.200. The van der Waals surface area contributed by atoms with Crippen molar-refractivity contribution in [1.82, 2.24) is 0 Å². The molecular formula is C15H14BrF2N. The molecule has 1 N–H and O–H groups in total. The standard InChI is InChI=1S/C15H14BrF2N/c1-9-4-3-5-14(15(9)16)19-10(2)12-8-11(17)6-7-13(12)18/h3-8,10,19H,1-2H3. The van der Waals surface area contributed by atoms with Crippen molar-refractivity contribution >= 4 is 21.6 Å². The van der Waals surface area contributed by atoms with Gasteiger partial charge in [-0.1, -0.05) is 12.1 Å². The Bertz CT molecular complexity index is 599. The molecule has 0 aliphatic heterocycles. The average Bonchev–Trinajstić information content (AvgIpc) is 2.38. The second kappa shape index (κ2) is 5.70. The van der Waals surface area contributed by atoms with E-state index in [0.29, 0.717) is 5.56 Å². The van der Waals surface area contributed by atoms with Crippen LogP contribution < -0.4 is 5.32 Å². The number of anilines is 1. The molecule has 0 saturated heterocycles. The van der Waals surface area contributed by atoms with Gasteiger partial charge in [0.1, 0.15) is 11.6 Å². The molecular weight excluding hydrogens is 312 g/mol. The van der Waals surface area contributed by atoms with Crippen molar-refractivity contribution in [2.24, 2.45) is 0 Å². The van der Waals surface area contributed by atoms with Gasteiger partial charge in [-0.25, -0.2) is 8.78 Å². The average molecular weight is 326 g/mol. The lowest BCUT2D eigenvalue weighted by molar-refractivity contribution is 0.577. The van der Waals surface area contributed by atoms with E-state index in [1.54, 1.807) is 6.92 Å². The molecule has 100 valence electrons. The number of nitrogens with one attached hydrogen (secondary N) is 1. The molecule has 2 aromatic carbocycles. The SMILES string of the molecule is Cc1cccc(NC(C)c2cc(F)ccc2F)c1Br. The summed E-state index contributed by atoms with van der Waals surface area (Å²) in [6, 6.07) is 8.94. The zero-order valence-corrected chi connectivity index (χ0v) is 12.3. The Labute approximate surface area is 119 Å². The summed E-state index contributed by atoms with van der Waals surface area (Å²) in [4.78, 5) is 0. The predicted molar refractivity (Wildman–Crippen MR) is 77.3 cm³/mol. The minimum Gasteiger partial charge on any atom is -0.377 e. The summed E-state index contributed by atoms with van der Waals surface area (Å²) in [5.41, 5.74) is 2.25. The number of halogens is 3. The molecule has 0 heterocycles. The van der Waals surface area contributed by atoms with E-state index >= 15 is 0 Å². The zero-order chi connectivity index (χ0) is 14.0. The zero-order valence-electron chi connectivity index (χ0n) is 10.7. The summed E-state index contributed by atoms with van der Waals surface area (Å²) < 4.78 is 27.8. The summed E-state index contributed by atoms with van der Waals surface area (Å²) >= 11 is 3.48. The van der Waals surface area contributed by atoms with E-state index in [-0.39, 0.29) is 6.04 Å². The van der Waals surface area contributed by atoms with Crippen LogP contribution >= 0.6 is 15.9 Å². The highest BCUT2D eigenvalue weighted by Crippen LogP contribution is 2.30. The van der Waals surface area contributed by atoms with E-state index in [1.807, 2.05) is 25.1 Å². The van der Waals surface area contributed by atoms with Crippen LogP contribution in [0.3, 0.4) is 0 Å². The lowest BCUT2D eigenvalue weighted by atomic mass is 10.1. The molecule has 2 aromatic rings. The van der Waals surface area contributed by atoms with Gasteiger partial charge in [-0.3, -0.25) is 0 Å². The molecule has 0 aliphatic carbocycles. The normalized spacial score (nSPS) is 12.3. The Morgan fingerprint density at radius 1 is 1.16 bits per heavy atom. The van der Waals surface area contributed by atoms with Gasteiger partial charge in [0, 0.05) is 15.7 Å². The third kappa shape index (κ3) is 3.13. The van der Waals surface area contributed by atoms with E-state index in [4.69, 9.17) is 0 Å². The Morgan fingerprint density at radius 3 is 2.63 bits per heavy atom. The van der Waals surface area contributed by atoms with Gasteiger partial charge < -0.3 is 5.32 Å². The molecule has 0 bridgehead atoms. The Kier molecular flexibility index (Phi) is 4.20. The van der Waals surface area contributed by atoms with Crippen LogP contribution in [0.1, 0.15) is 24.1 Å². The third-order valence-corrected chi connectivity index (χ3v) is 4.04. The fourth-order valence-electron chi connectivity index (χ4n) is 1.92. The van der Waals surface area contributed by atoms with Gasteiger partial charge >= 0.3 is 0 Å². The van der Waals surface area contributed by atoms with Gasteiger partial charge in [0.25, 0.3) is 0 Å². The highest BCUT2D eigenvalue weighted by molar-refractivity contribution is 9.10. The van der Waals surface area contributed by atoms with Gasteiger partial charge in [-0.15, -0.1) is 0 Å². The van der Waals surface area contributed by atoms with Crippen LogP contribution in [0.5, 0.6) is 0 Å². The van der Waals surface area contributed by atoms with Crippen molar-refractivity contribution in [3.05, 3.63) is 63.6 Å². The molecule has 4 heteroatoms. The first-order chi connectivity index (χ1) is 8.99. The number of aryl methyl sites for hydroxylation is 1. The van der Waals surface area contributed by atoms with Gasteiger partial charge in [0.15, 0.2) is 0 Å². The lowest BCUT2D eigenvalue weighted by Crippen LogP contribution is -2.09. The predicted octanol–water partition coefficient (Wildman–Crippen LogP) is 5.21. The molecule has 0 fully saturated rings. The molecule has 19 heavy (non-hydrogen) atoms. The maximum absolute atomic E-state index is 13.7. The number of rotatable bonds is 3. The van der Waals surface area contributed by atoms with Crippen LogP contribution in [0.4, 0.5) is 14.5 Å². The van der Waals surface area contributed by atoms with Crippen LogP contribution in [0.2, 0.25) is 0 Å².